The van der Waals surface area contributed by atoms with Crippen molar-refractivity contribution in [3.63, 3.8) is 0 Å². The van der Waals surface area contributed by atoms with E-state index in [9.17, 15) is 4.79 Å². The Hall–Kier alpha value is -1.75. The molecule has 0 saturated carbocycles. The summed E-state index contributed by atoms with van der Waals surface area (Å²) >= 11 is 0. The van der Waals surface area contributed by atoms with Crippen molar-refractivity contribution in [2.24, 2.45) is 5.73 Å². The highest BCUT2D eigenvalue weighted by Crippen LogP contribution is 2.14. The number of hydrogen-bond acceptors (Lipinski definition) is 4. The van der Waals surface area contributed by atoms with E-state index in [1.54, 1.807) is 7.05 Å². The summed E-state index contributed by atoms with van der Waals surface area (Å²) in [5.41, 5.74) is 6.26. The molecule has 100 valence electrons. The molecule has 0 aliphatic carbocycles. The average molecular weight is 252 g/mol. The molecule has 1 aromatic rings. The molecule has 0 radical (unpaired) electrons. The maximum Gasteiger partial charge on any atom is 0.409 e. The lowest BCUT2D eigenvalue weighted by Gasteiger charge is -2.15. The third-order valence-corrected chi connectivity index (χ3v) is 2.35. The summed E-state index contributed by atoms with van der Waals surface area (Å²) in [6.07, 6.45) is -0.373. The van der Waals surface area contributed by atoms with Gasteiger partial charge in [-0.15, -0.1) is 0 Å². The summed E-state index contributed by atoms with van der Waals surface area (Å²) in [4.78, 5) is 13.0. The standard InChI is InChI=1S/C13H20N2O3/c1-3-17-12-6-4-5-11(9-12)10-18-13(16)15(2)8-7-14/h4-6,9H,3,7-8,10,14H2,1-2H3. The summed E-state index contributed by atoms with van der Waals surface area (Å²) < 4.78 is 10.5. The van der Waals surface area contributed by atoms with E-state index < -0.39 is 0 Å². The quantitative estimate of drug-likeness (QED) is 0.835. The summed E-state index contributed by atoms with van der Waals surface area (Å²) in [6, 6.07) is 7.49. The van der Waals surface area contributed by atoms with Crippen LogP contribution in [0.4, 0.5) is 4.79 Å². The van der Waals surface area contributed by atoms with Gasteiger partial charge in [-0.05, 0) is 24.6 Å². The van der Waals surface area contributed by atoms with E-state index in [4.69, 9.17) is 15.2 Å². The number of rotatable bonds is 6. The summed E-state index contributed by atoms with van der Waals surface area (Å²) in [5, 5.41) is 0. The van der Waals surface area contributed by atoms with Crippen LogP contribution in [0.15, 0.2) is 24.3 Å². The van der Waals surface area contributed by atoms with E-state index in [1.165, 1.54) is 4.90 Å². The Morgan fingerprint density at radius 2 is 2.22 bits per heavy atom. The fourth-order valence-electron chi connectivity index (χ4n) is 1.43. The molecular weight excluding hydrogens is 232 g/mol. The van der Waals surface area contributed by atoms with Crippen molar-refractivity contribution in [3.8, 4) is 5.75 Å². The predicted octanol–water partition coefficient (Wildman–Crippen LogP) is 1.61. The Balaban J connectivity index is 2.47. The van der Waals surface area contributed by atoms with Crippen LogP contribution in [0.3, 0.4) is 0 Å². The third kappa shape index (κ3) is 4.63. The van der Waals surface area contributed by atoms with E-state index in [2.05, 4.69) is 0 Å². The second kappa shape index (κ2) is 7.55. The maximum absolute atomic E-state index is 11.5. The molecule has 5 heteroatoms. The monoisotopic (exact) mass is 252 g/mol. The fraction of sp³-hybridized carbons (Fsp3) is 0.462. The molecule has 1 aromatic carbocycles. The zero-order chi connectivity index (χ0) is 13.4. The smallest absolute Gasteiger partial charge is 0.409 e. The Bertz CT molecular complexity index is 382. The minimum absolute atomic E-state index is 0.231. The van der Waals surface area contributed by atoms with Gasteiger partial charge in [-0.2, -0.15) is 0 Å². The van der Waals surface area contributed by atoms with Crippen LogP contribution in [0.1, 0.15) is 12.5 Å². The fourth-order valence-corrected chi connectivity index (χ4v) is 1.43. The molecule has 1 amide bonds. The van der Waals surface area contributed by atoms with E-state index in [0.717, 1.165) is 11.3 Å². The second-order valence-corrected chi connectivity index (χ2v) is 3.85. The SMILES string of the molecule is CCOc1cccc(COC(=O)N(C)CCN)c1. The van der Waals surface area contributed by atoms with Gasteiger partial charge in [-0.3, -0.25) is 0 Å². The highest BCUT2D eigenvalue weighted by Gasteiger charge is 2.08. The van der Waals surface area contributed by atoms with Crippen molar-refractivity contribution in [2.45, 2.75) is 13.5 Å². The normalized spacial score (nSPS) is 9.94. The lowest BCUT2D eigenvalue weighted by Crippen LogP contribution is -2.32. The number of carbonyl (C=O) groups excluding carboxylic acids is 1. The van der Waals surface area contributed by atoms with Gasteiger partial charge in [-0.1, -0.05) is 12.1 Å². The summed E-state index contributed by atoms with van der Waals surface area (Å²) in [7, 11) is 1.66. The molecule has 0 aromatic heterocycles. The van der Waals surface area contributed by atoms with Gasteiger partial charge < -0.3 is 20.1 Å². The molecule has 0 atom stereocenters. The Labute approximate surface area is 107 Å². The van der Waals surface area contributed by atoms with Crippen molar-refractivity contribution in [1.29, 1.82) is 0 Å². The van der Waals surface area contributed by atoms with Crippen LogP contribution in [-0.4, -0.2) is 37.7 Å². The van der Waals surface area contributed by atoms with Crippen molar-refractivity contribution >= 4 is 6.09 Å². The van der Waals surface area contributed by atoms with E-state index in [1.807, 2.05) is 31.2 Å². The molecule has 0 saturated heterocycles. The first kappa shape index (κ1) is 14.3. The lowest BCUT2D eigenvalue weighted by atomic mass is 10.2. The molecule has 0 unspecified atom stereocenters. The number of carbonyl (C=O) groups is 1. The Kier molecular flexibility index (Phi) is 6.00. The van der Waals surface area contributed by atoms with Crippen LogP contribution >= 0.6 is 0 Å². The molecule has 18 heavy (non-hydrogen) atoms. The van der Waals surface area contributed by atoms with Crippen LogP contribution in [-0.2, 0) is 11.3 Å². The number of hydrogen-bond donors (Lipinski definition) is 1. The van der Waals surface area contributed by atoms with Crippen molar-refractivity contribution in [1.82, 2.24) is 4.90 Å². The van der Waals surface area contributed by atoms with Crippen LogP contribution in [0.5, 0.6) is 5.75 Å². The topological polar surface area (TPSA) is 64.8 Å². The number of likely N-dealkylation sites (N-methyl/N-ethyl adjacent to an activating group) is 1. The Morgan fingerprint density at radius 3 is 2.89 bits per heavy atom. The molecule has 0 aliphatic heterocycles. The first-order valence-corrected chi connectivity index (χ1v) is 5.97. The van der Waals surface area contributed by atoms with Gasteiger partial charge in [0.15, 0.2) is 0 Å². The van der Waals surface area contributed by atoms with Crippen LogP contribution in [0.25, 0.3) is 0 Å². The van der Waals surface area contributed by atoms with Gasteiger partial charge in [-0.25, -0.2) is 4.79 Å². The maximum atomic E-state index is 11.5. The number of nitrogens with two attached hydrogens (primary N) is 1. The molecule has 0 spiro atoms. The highest BCUT2D eigenvalue weighted by atomic mass is 16.6. The number of benzene rings is 1. The van der Waals surface area contributed by atoms with Gasteiger partial charge in [0, 0.05) is 20.1 Å². The second-order valence-electron chi connectivity index (χ2n) is 3.85. The first-order valence-electron chi connectivity index (χ1n) is 5.97. The molecular formula is C13H20N2O3. The van der Waals surface area contributed by atoms with Gasteiger partial charge in [0.05, 0.1) is 6.61 Å². The number of ether oxygens (including phenoxy) is 2. The number of nitrogens with zero attached hydrogens (tertiary/aromatic N) is 1. The molecule has 5 nitrogen and oxygen atoms in total. The van der Waals surface area contributed by atoms with Crippen LogP contribution in [0, 0.1) is 0 Å². The highest BCUT2D eigenvalue weighted by molar-refractivity contribution is 5.67. The van der Waals surface area contributed by atoms with Crippen molar-refractivity contribution in [2.75, 3.05) is 26.7 Å². The predicted molar refractivity (Wildman–Crippen MR) is 69.5 cm³/mol. The largest absolute Gasteiger partial charge is 0.494 e. The minimum atomic E-state index is -0.373. The van der Waals surface area contributed by atoms with E-state index >= 15 is 0 Å². The Morgan fingerprint density at radius 1 is 1.44 bits per heavy atom. The van der Waals surface area contributed by atoms with Crippen molar-refractivity contribution < 1.29 is 14.3 Å². The van der Waals surface area contributed by atoms with Crippen LogP contribution < -0.4 is 10.5 Å². The van der Waals surface area contributed by atoms with Gasteiger partial charge in [0.1, 0.15) is 12.4 Å². The molecule has 2 N–H and O–H groups in total. The molecule has 0 heterocycles. The van der Waals surface area contributed by atoms with Gasteiger partial charge in [0.25, 0.3) is 0 Å². The molecule has 0 bridgehead atoms. The van der Waals surface area contributed by atoms with Gasteiger partial charge >= 0.3 is 6.09 Å². The lowest BCUT2D eigenvalue weighted by molar-refractivity contribution is 0.105. The van der Waals surface area contributed by atoms with Crippen molar-refractivity contribution in [3.05, 3.63) is 29.8 Å². The molecule has 0 aliphatic rings. The summed E-state index contributed by atoms with van der Waals surface area (Å²) in [5.74, 6) is 0.779. The first-order chi connectivity index (χ1) is 8.67. The van der Waals surface area contributed by atoms with E-state index in [0.29, 0.717) is 19.7 Å². The molecule has 1 rings (SSSR count). The zero-order valence-corrected chi connectivity index (χ0v) is 10.9. The van der Waals surface area contributed by atoms with Crippen LogP contribution in [0.2, 0.25) is 0 Å². The van der Waals surface area contributed by atoms with E-state index in [-0.39, 0.29) is 12.7 Å². The van der Waals surface area contributed by atoms with Gasteiger partial charge in [0.2, 0.25) is 0 Å². The minimum Gasteiger partial charge on any atom is -0.494 e. The summed E-state index contributed by atoms with van der Waals surface area (Å²) in [6.45, 7) is 3.68. The zero-order valence-electron chi connectivity index (χ0n) is 10.9. The molecule has 0 fully saturated rings. The average Bonchev–Trinajstić information content (AvgIpc) is 2.37. The third-order valence-electron chi connectivity index (χ3n) is 2.35. The number of amides is 1.